The van der Waals surface area contributed by atoms with Crippen LogP contribution in [0.1, 0.15) is 58.9 Å². The third kappa shape index (κ3) is 7.22. The molecule has 0 radical (unpaired) electrons. The largest absolute Gasteiger partial charge is 0.489 e. The predicted molar refractivity (Wildman–Crippen MR) is 139 cm³/mol. The lowest BCUT2D eigenvalue weighted by atomic mass is 10.1. The molecular weight excluding hydrogens is 442 g/mol. The van der Waals surface area contributed by atoms with Crippen molar-refractivity contribution in [2.24, 2.45) is 0 Å². The molecule has 2 aromatic carbocycles. The molecular formula is C29H35NO5. The van der Waals surface area contributed by atoms with E-state index in [1.807, 2.05) is 68.5 Å². The van der Waals surface area contributed by atoms with E-state index in [0.717, 1.165) is 36.8 Å². The molecule has 0 spiro atoms. The molecule has 0 unspecified atom stereocenters. The van der Waals surface area contributed by atoms with Crippen LogP contribution in [-0.2, 0) is 17.9 Å². The molecule has 1 aromatic heterocycles. The Morgan fingerprint density at radius 1 is 0.943 bits per heavy atom. The zero-order chi connectivity index (χ0) is 25.2. The molecule has 0 aliphatic heterocycles. The van der Waals surface area contributed by atoms with Crippen LogP contribution in [0.15, 0.2) is 65.0 Å². The number of aromatic nitrogens is 1. The number of aryl methyl sites for hydroxylation is 1. The monoisotopic (exact) mass is 477 g/mol. The van der Waals surface area contributed by atoms with Gasteiger partial charge in [0, 0.05) is 24.9 Å². The van der Waals surface area contributed by atoms with Crippen molar-refractivity contribution in [2.45, 2.75) is 66.5 Å². The SMILES string of the molecule is CCCCCCn1c(=O)c(OC(C)=O)c(OCC=C(C)C)c2ccc(OCc3ccccc3)cc21. The van der Waals surface area contributed by atoms with Gasteiger partial charge in [0.05, 0.1) is 5.52 Å². The minimum Gasteiger partial charge on any atom is -0.489 e. The summed E-state index contributed by atoms with van der Waals surface area (Å²) in [4.78, 5) is 25.4. The van der Waals surface area contributed by atoms with E-state index in [-0.39, 0.29) is 23.7 Å². The number of unbranched alkanes of at least 4 members (excludes halogenated alkanes) is 3. The highest BCUT2D eigenvalue weighted by Gasteiger charge is 2.21. The Bertz CT molecular complexity index is 1220. The van der Waals surface area contributed by atoms with Crippen LogP contribution in [0, 0.1) is 0 Å². The van der Waals surface area contributed by atoms with E-state index in [9.17, 15) is 9.59 Å². The second kappa shape index (κ2) is 12.8. The van der Waals surface area contributed by atoms with Gasteiger partial charge in [0.1, 0.15) is 19.0 Å². The summed E-state index contributed by atoms with van der Waals surface area (Å²) in [6, 6.07) is 15.5. The van der Waals surface area contributed by atoms with E-state index < -0.39 is 5.97 Å². The number of esters is 1. The number of benzene rings is 2. The number of hydrogen-bond acceptors (Lipinski definition) is 5. The molecule has 0 atom stereocenters. The van der Waals surface area contributed by atoms with Crippen LogP contribution in [-0.4, -0.2) is 17.1 Å². The highest BCUT2D eigenvalue weighted by Crippen LogP contribution is 2.35. The van der Waals surface area contributed by atoms with Crippen LogP contribution in [0.2, 0.25) is 0 Å². The topological polar surface area (TPSA) is 66.8 Å². The summed E-state index contributed by atoms with van der Waals surface area (Å²) in [5.74, 6) is 0.296. The van der Waals surface area contributed by atoms with Crippen molar-refractivity contribution in [3.05, 3.63) is 76.1 Å². The predicted octanol–water partition coefficient (Wildman–Crippen LogP) is 6.43. The quantitative estimate of drug-likeness (QED) is 0.171. The molecule has 0 saturated heterocycles. The lowest BCUT2D eigenvalue weighted by molar-refractivity contribution is -0.132. The number of carbonyl (C=O) groups excluding carboxylic acids is 1. The average molecular weight is 478 g/mol. The fourth-order valence-corrected chi connectivity index (χ4v) is 3.80. The van der Waals surface area contributed by atoms with Crippen molar-refractivity contribution in [3.8, 4) is 17.2 Å². The zero-order valence-electron chi connectivity index (χ0n) is 21.1. The van der Waals surface area contributed by atoms with Crippen molar-refractivity contribution >= 4 is 16.9 Å². The van der Waals surface area contributed by atoms with Crippen molar-refractivity contribution in [1.82, 2.24) is 4.57 Å². The summed E-state index contributed by atoms with van der Waals surface area (Å²) in [6.45, 7) is 8.57. The summed E-state index contributed by atoms with van der Waals surface area (Å²) in [6.07, 6.45) is 5.96. The lowest BCUT2D eigenvalue weighted by Gasteiger charge is -2.18. The molecule has 0 amide bonds. The fourth-order valence-electron chi connectivity index (χ4n) is 3.80. The fraction of sp³-hybridized carbons (Fsp3) is 0.379. The Morgan fingerprint density at radius 3 is 2.40 bits per heavy atom. The van der Waals surface area contributed by atoms with Gasteiger partial charge in [-0.2, -0.15) is 0 Å². The molecule has 6 nitrogen and oxygen atoms in total. The van der Waals surface area contributed by atoms with E-state index in [1.165, 1.54) is 6.92 Å². The number of hydrogen-bond donors (Lipinski definition) is 0. The minimum absolute atomic E-state index is 0.0689. The maximum atomic E-state index is 13.5. The number of nitrogens with zero attached hydrogens (tertiary/aromatic N) is 1. The number of carbonyl (C=O) groups is 1. The summed E-state index contributed by atoms with van der Waals surface area (Å²) in [5.41, 5.74) is 2.46. The Hall–Kier alpha value is -3.54. The Morgan fingerprint density at radius 2 is 1.71 bits per heavy atom. The van der Waals surface area contributed by atoms with Gasteiger partial charge in [-0.15, -0.1) is 0 Å². The summed E-state index contributed by atoms with van der Waals surface area (Å²) >= 11 is 0. The zero-order valence-corrected chi connectivity index (χ0v) is 21.1. The van der Waals surface area contributed by atoms with Gasteiger partial charge >= 0.3 is 5.97 Å². The third-order valence-electron chi connectivity index (χ3n) is 5.60. The first-order valence-corrected chi connectivity index (χ1v) is 12.2. The van der Waals surface area contributed by atoms with Crippen molar-refractivity contribution in [1.29, 1.82) is 0 Å². The van der Waals surface area contributed by atoms with Crippen LogP contribution in [0.4, 0.5) is 0 Å². The molecule has 0 fully saturated rings. The van der Waals surface area contributed by atoms with Gasteiger partial charge in [-0.3, -0.25) is 9.59 Å². The molecule has 0 N–H and O–H groups in total. The second-order valence-electron chi connectivity index (χ2n) is 8.82. The van der Waals surface area contributed by atoms with Crippen molar-refractivity contribution in [2.75, 3.05) is 6.61 Å². The first-order valence-electron chi connectivity index (χ1n) is 12.2. The average Bonchev–Trinajstić information content (AvgIpc) is 2.84. The lowest BCUT2D eigenvalue weighted by Crippen LogP contribution is -2.25. The van der Waals surface area contributed by atoms with E-state index in [1.54, 1.807) is 4.57 Å². The molecule has 186 valence electrons. The first kappa shape index (κ1) is 26.1. The van der Waals surface area contributed by atoms with Gasteiger partial charge in [-0.25, -0.2) is 0 Å². The van der Waals surface area contributed by atoms with Crippen LogP contribution in [0.5, 0.6) is 17.2 Å². The molecule has 0 saturated carbocycles. The summed E-state index contributed by atoms with van der Waals surface area (Å²) in [7, 11) is 0. The van der Waals surface area contributed by atoms with Crippen LogP contribution < -0.4 is 19.8 Å². The van der Waals surface area contributed by atoms with Gasteiger partial charge in [-0.1, -0.05) is 62.1 Å². The first-order chi connectivity index (χ1) is 16.9. The van der Waals surface area contributed by atoms with E-state index in [0.29, 0.717) is 29.8 Å². The van der Waals surface area contributed by atoms with E-state index >= 15 is 0 Å². The molecule has 3 rings (SSSR count). The van der Waals surface area contributed by atoms with Gasteiger partial charge in [-0.05, 0) is 44.0 Å². The van der Waals surface area contributed by atoms with Crippen molar-refractivity contribution in [3.63, 3.8) is 0 Å². The normalized spacial score (nSPS) is 10.7. The van der Waals surface area contributed by atoms with Crippen LogP contribution >= 0.6 is 0 Å². The molecule has 0 bridgehead atoms. The van der Waals surface area contributed by atoms with Crippen LogP contribution in [0.25, 0.3) is 10.9 Å². The van der Waals surface area contributed by atoms with E-state index in [4.69, 9.17) is 14.2 Å². The molecule has 1 heterocycles. The molecule has 3 aromatic rings. The number of ether oxygens (including phenoxy) is 3. The molecule has 6 heteroatoms. The molecule has 0 aliphatic rings. The third-order valence-corrected chi connectivity index (χ3v) is 5.60. The highest BCUT2D eigenvalue weighted by molar-refractivity contribution is 5.90. The summed E-state index contributed by atoms with van der Waals surface area (Å²) in [5, 5.41) is 0.700. The Balaban J connectivity index is 2.08. The number of allylic oxidation sites excluding steroid dienone is 1. The molecule has 35 heavy (non-hydrogen) atoms. The van der Waals surface area contributed by atoms with Gasteiger partial charge < -0.3 is 18.8 Å². The maximum absolute atomic E-state index is 13.5. The van der Waals surface area contributed by atoms with Gasteiger partial charge in [0.25, 0.3) is 5.56 Å². The summed E-state index contributed by atoms with van der Waals surface area (Å²) < 4.78 is 19.1. The van der Waals surface area contributed by atoms with E-state index in [2.05, 4.69) is 6.92 Å². The maximum Gasteiger partial charge on any atom is 0.308 e. The molecule has 0 aliphatic carbocycles. The van der Waals surface area contributed by atoms with Gasteiger partial charge in [0.2, 0.25) is 5.75 Å². The number of rotatable bonds is 12. The number of pyridine rings is 1. The minimum atomic E-state index is -0.561. The highest BCUT2D eigenvalue weighted by atomic mass is 16.6. The second-order valence-corrected chi connectivity index (χ2v) is 8.82. The Labute approximate surface area is 207 Å². The smallest absolute Gasteiger partial charge is 0.308 e. The Kier molecular flexibility index (Phi) is 9.53. The standard InChI is InChI=1S/C29H35NO5/c1-5-6-7-11-17-30-26-19-24(34-20-23-12-9-8-10-13-23)14-15-25(26)27(33-18-16-21(2)3)28(29(30)32)35-22(4)31/h8-10,12-16,19H,5-7,11,17-18,20H2,1-4H3. The van der Waals surface area contributed by atoms with Crippen molar-refractivity contribution < 1.29 is 19.0 Å². The number of fused-ring (bicyclic) bond motifs is 1. The van der Waals surface area contributed by atoms with Gasteiger partial charge in [0.15, 0.2) is 5.75 Å². The van der Waals surface area contributed by atoms with Crippen LogP contribution in [0.3, 0.4) is 0 Å².